The molecule has 0 saturated heterocycles. The van der Waals surface area contributed by atoms with Gasteiger partial charge in [-0.05, 0) is 12.1 Å². The SMILES string of the molecule is NNC(=O)c1coc(COc2cccc([N+](=O)[O-])c2)c1. The molecule has 0 saturated carbocycles. The number of nitro groups is 1. The maximum atomic E-state index is 11.2. The van der Waals surface area contributed by atoms with E-state index < -0.39 is 10.8 Å². The lowest BCUT2D eigenvalue weighted by Gasteiger charge is -2.03. The molecule has 3 N–H and O–H groups in total. The third-order valence-electron chi connectivity index (χ3n) is 2.46. The minimum absolute atomic E-state index is 0.0407. The van der Waals surface area contributed by atoms with Crippen molar-refractivity contribution in [2.45, 2.75) is 6.61 Å². The molecule has 0 radical (unpaired) electrons. The minimum Gasteiger partial charge on any atom is -0.485 e. The van der Waals surface area contributed by atoms with Crippen LogP contribution >= 0.6 is 0 Å². The van der Waals surface area contributed by atoms with E-state index in [9.17, 15) is 14.9 Å². The first-order valence-corrected chi connectivity index (χ1v) is 5.56. The summed E-state index contributed by atoms with van der Waals surface area (Å²) in [5, 5.41) is 10.6. The van der Waals surface area contributed by atoms with E-state index in [1.165, 1.54) is 30.5 Å². The molecule has 8 nitrogen and oxygen atoms in total. The number of nitro benzene ring substituents is 1. The first-order chi connectivity index (χ1) is 9.60. The number of furan rings is 1. The average molecular weight is 277 g/mol. The molecule has 0 aliphatic heterocycles. The lowest BCUT2D eigenvalue weighted by Crippen LogP contribution is -2.29. The second kappa shape index (κ2) is 5.85. The Bertz CT molecular complexity index is 638. The van der Waals surface area contributed by atoms with Crippen LogP contribution in [0.15, 0.2) is 41.0 Å². The maximum absolute atomic E-state index is 11.2. The molecule has 0 aliphatic rings. The Morgan fingerprint density at radius 2 is 2.25 bits per heavy atom. The summed E-state index contributed by atoms with van der Waals surface area (Å²) < 4.78 is 10.5. The fraction of sp³-hybridized carbons (Fsp3) is 0.0833. The smallest absolute Gasteiger partial charge is 0.273 e. The Morgan fingerprint density at radius 3 is 2.95 bits per heavy atom. The van der Waals surface area contributed by atoms with Gasteiger partial charge in [0.1, 0.15) is 24.4 Å². The Balaban J connectivity index is 2.01. The summed E-state index contributed by atoms with van der Waals surface area (Å²) in [4.78, 5) is 21.3. The minimum atomic E-state index is -0.510. The van der Waals surface area contributed by atoms with Gasteiger partial charge >= 0.3 is 0 Å². The zero-order valence-corrected chi connectivity index (χ0v) is 10.2. The molecule has 104 valence electrons. The summed E-state index contributed by atoms with van der Waals surface area (Å²) in [7, 11) is 0. The van der Waals surface area contributed by atoms with E-state index in [1.807, 2.05) is 5.43 Å². The van der Waals surface area contributed by atoms with E-state index in [1.54, 1.807) is 6.07 Å². The van der Waals surface area contributed by atoms with Gasteiger partial charge in [0.2, 0.25) is 0 Å². The van der Waals surface area contributed by atoms with E-state index in [4.69, 9.17) is 15.0 Å². The van der Waals surface area contributed by atoms with Crippen LogP contribution in [-0.2, 0) is 6.61 Å². The Labute approximate surface area is 113 Å². The third kappa shape index (κ3) is 3.12. The summed E-state index contributed by atoms with van der Waals surface area (Å²) in [6, 6.07) is 7.24. The van der Waals surface area contributed by atoms with Crippen LogP contribution in [0, 0.1) is 10.1 Å². The number of amides is 1. The van der Waals surface area contributed by atoms with Gasteiger partial charge in [-0.2, -0.15) is 0 Å². The second-order valence-corrected chi connectivity index (χ2v) is 3.82. The molecule has 1 aromatic heterocycles. The number of nitrogens with two attached hydrogens (primary N) is 1. The molecule has 0 atom stereocenters. The number of carbonyl (C=O) groups is 1. The van der Waals surface area contributed by atoms with Gasteiger partial charge in [-0.1, -0.05) is 6.07 Å². The van der Waals surface area contributed by atoms with Crippen LogP contribution in [0.4, 0.5) is 5.69 Å². The fourth-order valence-electron chi connectivity index (χ4n) is 1.50. The quantitative estimate of drug-likeness (QED) is 0.368. The van der Waals surface area contributed by atoms with Gasteiger partial charge in [-0.25, -0.2) is 5.84 Å². The highest BCUT2D eigenvalue weighted by Crippen LogP contribution is 2.20. The number of nitrogens with one attached hydrogen (secondary N) is 1. The molecule has 0 bridgehead atoms. The molecule has 0 spiro atoms. The fourth-order valence-corrected chi connectivity index (χ4v) is 1.50. The first kappa shape index (κ1) is 13.6. The van der Waals surface area contributed by atoms with Gasteiger partial charge in [-0.15, -0.1) is 0 Å². The van der Waals surface area contributed by atoms with Crippen molar-refractivity contribution in [3.05, 3.63) is 58.0 Å². The second-order valence-electron chi connectivity index (χ2n) is 3.82. The van der Waals surface area contributed by atoms with Crippen LogP contribution in [0.1, 0.15) is 16.1 Å². The third-order valence-corrected chi connectivity index (χ3v) is 2.46. The van der Waals surface area contributed by atoms with Crippen molar-refractivity contribution in [3.63, 3.8) is 0 Å². The average Bonchev–Trinajstić information content (AvgIpc) is 2.93. The molecule has 2 rings (SSSR count). The standard InChI is InChI=1S/C12H11N3O5/c13-14-12(16)8-4-11(19-6-8)7-20-10-3-1-2-9(5-10)15(17)18/h1-6H,7,13H2,(H,14,16). The molecular weight excluding hydrogens is 266 g/mol. The van der Waals surface area contributed by atoms with Crippen molar-refractivity contribution < 1.29 is 18.9 Å². The van der Waals surface area contributed by atoms with Crippen LogP contribution in [0.5, 0.6) is 5.75 Å². The van der Waals surface area contributed by atoms with Gasteiger partial charge in [-0.3, -0.25) is 20.3 Å². The van der Waals surface area contributed by atoms with E-state index in [2.05, 4.69) is 0 Å². The summed E-state index contributed by atoms with van der Waals surface area (Å²) in [6.07, 6.45) is 1.24. The van der Waals surface area contributed by atoms with E-state index >= 15 is 0 Å². The monoisotopic (exact) mass is 277 g/mol. The van der Waals surface area contributed by atoms with Gasteiger partial charge < -0.3 is 9.15 Å². The summed E-state index contributed by atoms with van der Waals surface area (Å²) in [5.74, 6) is 5.24. The normalized spacial score (nSPS) is 10.1. The number of rotatable bonds is 5. The molecule has 1 amide bonds. The Morgan fingerprint density at radius 1 is 1.45 bits per heavy atom. The number of hydrogen-bond acceptors (Lipinski definition) is 6. The number of hydrazine groups is 1. The van der Waals surface area contributed by atoms with E-state index in [0.717, 1.165) is 0 Å². The van der Waals surface area contributed by atoms with Crippen molar-refractivity contribution in [3.8, 4) is 5.75 Å². The highest BCUT2D eigenvalue weighted by atomic mass is 16.6. The van der Waals surface area contributed by atoms with E-state index in [-0.39, 0.29) is 17.9 Å². The van der Waals surface area contributed by atoms with Gasteiger partial charge in [0.25, 0.3) is 11.6 Å². The molecule has 1 aromatic carbocycles. The Kier molecular flexibility index (Phi) is 3.96. The van der Waals surface area contributed by atoms with Crippen LogP contribution in [0.3, 0.4) is 0 Å². The topological polar surface area (TPSA) is 121 Å². The molecule has 0 aliphatic carbocycles. The van der Waals surface area contributed by atoms with Crippen molar-refractivity contribution >= 4 is 11.6 Å². The zero-order valence-electron chi connectivity index (χ0n) is 10.2. The number of non-ortho nitro benzene ring substituents is 1. The molecule has 1 heterocycles. The predicted molar refractivity (Wildman–Crippen MR) is 67.8 cm³/mol. The van der Waals surface area contributed by atoms with Crippen molar-refractivity contribution in [2.24, 2.45) is 5.84 Å². The molecule has 0 fully saturated rings. The molecule has 20 heavy (non-hydrogen) atoms. The van der Waals surface area contributed by atoms with Crippen molar-refractivity contribution in [2.75, 3.05) is 0 Å². The highest BCUT2D eigenvalue weighted by Gasteiger charge is 2.10. The summed E-state index contributed by atoms with van der Waals surface area (Å²) in [6.45, 7) is 0.0407. The van der Waals surface area contributed by atoms with Gasteiger partial charge in [0.05, 0.1) is 16.6 Å². The number of nitrogen functional groups attached to an aromatic ring is 1. The number of carbonyl (C=O) groups excluding carboxylic acids is 1. The van der Waals surface area contributed by atoms with Crippen LogP contribution < -0.4 is 16.0 Å². The number of ether oxygens (including phenoxy) is 1. The van der Waals surface area contributed by atoms with E-state index in [0.29, 0.717) is 11.5 Å². The zero-order chi connectivity index (χ0) is 14.5. The highest BCUT2D eigenvalue weighted by molar-refractivity contribution is 5.93. The van der Waals surface area contributed by atoms with Crippen LogP contribution in [0.25, 0.3) is 0 Å². The molecule has 0 unspecified atom stereocenters. The summed E-state index contributed by atoms with van der Waals surface area (Å²) in [5.41, 5.74) is 2.18. The Hall–Kier alpha value is -2.87. The van der Waals surface area contributed by atoms with Crippen molar-refractivity contribution in [1.82, 2.24) is 5.43 Å². The largest absolute Gasteiger partial charge is 0.485 e. The predicted octanol–water partition coefficient (Wildman–Crippen LogP) is 1.37. The lowest BCUT2D eigenvalue weighted by atomic mass is 10.3. The summed E-state index contributed by atoms with van der Waals surface area (Å²) >= 11 is 0. The number of nitrogens with zero attached hydrogens (tertiary/aromatic N) is 1. The number of benzene rings is 1. The lowest BCUT2D eigenvalue weighted by molar-refractivity contribution is -0.384. The van der Waals surface area contributed by atoms with Crippen LogP contribution in [0.2, 0.25) is 0 Å². The molecular formula is C12H11N3O5. The van der Waals surface area contributed by atoms with Crippen LogP contribution in [-0.4, -0.2) is 10.8 Å². The molecule has 2 aromatic rings. The van der Waals surface area contributed by atoms with Crippen molar-refractivity contribution in [1.29, 1.82) is 0 Å². The number of hydrogen-bond donors (Lipinski definition) is 2. The molecule has 8 heteroatoms. The van der Waals surface area contributed by atoms with Gasteiger partial charge in [0.15, 0.2) is 0 Å². The maximum Gasteiger partial charge on any atom is 0.273 e. The first-order valence-electron chi connectivity index (χ1n) is 5.56. The van der Waals surface area contributed by atoms with Gasteiger partial charge in [0, 0.05) is 6.07 Å².